The first-order valence-electron chi connectivity index (χ1n) is 5.16. The minimum absolute atomic E-state index is 0.183. The van der Waals surface area contributed by atoms with Crippen molar-refractivity contribution in [3.05, 3.63) is 29.8 Å². The van der Waals surface area contributed by atoms with Crippen molar-refractivity contribution in [1.29, 1.82) is 0 Å². The van der Waals surface area contributed by atoms with E-state index in [2.05, 4.69) is 24.4 Å². The normalized spacial score (nSPS) is 17.9. The van der Waals surface area contributed by atoms with Gasteiger partial charge in [0.25, 0.3) is 0 Å². The summed E-state index contributed by atoms with van der Waals surface area (Å²) in [6, 6.07) is 8.26. The molecule has 2 nitrogen and oxygen atoms in total. The summed E-state index contributed by atoms with van der Waals surface area (Å²) in [5.41, 5.74) is 2.64. The fourth-order valence-electron chi connectivity index (χ4n) is 1.62. The molecule has 1 aromatic carbocycles. The number of benzene rings is 1. The number of anilines is 1. The smallest absolute Gasteiger partial charge is 0.0504 e. The van der Waals surface area contributed by atoms with Gasteiger partial charge in [-0.05, 0) is 31.4 Å². The second kappa shape index (κ2) is 3.62. The molecule has 0 aliphatic heterocycles. The lowest BCUT2D eigenvalue weighted by molar-refractivity contribution is 0.220. The van der Waals surface area contributed by atoms with E-state index >= 15 is 0 Å². The van der Waals surface area contributed by atoms with Crippen LogP contribution in [0.4, 0.5) is 5.69 Å². The molecule has 0 saturated heterocycles. The second-order valence-corrected chi connectivity index (χ2v) is 4.33. The highest BCUT2D eigenvalue weighted by molar-refractivity contribution is 5.50. The Hall–Kier alpha value is -1.02. The van der Waals surface area contributed by atoms with E-state index in [-0.39, 0.29) is 5.41 Å². The zero-order valence-corrected chi connectivity index (χ0v) is 8.59. The largest absolute Gasteiger partial charge is 0.396 e. The maximum Gasteiger partial charge on any atom is 0.0504 e. The number of aliphatic hydroxyl groups is 1. The van der Waals surface area contributed by atoms with Gasteiger partial charge in [0, 0.05) is 17.6 Å². The molecule has 76 valence electrons. The van der Waals surface area contributed by atoms with Crippen molar-refractivity contribution in [3.63, 3.8) is 0 Å². The average molecular weight is 191 g/mol. The summed E-state index contributed by atoms with van der Waals surface area (Å²) in [6.07, 6.45) is 2.31. The van der Waals surface area contributed by atoms with Gasteiger partial charge in [-0.3, -0.25) is 0 Å². The number of aryl methyl sites for hydroxylation is 1. The maximum absolute atomic E-state index is 9.16. The molecule has 0 atom stereocenters. The van der Waals surface area contributed by atoms with Gasteiger partial charge in [-0.1, -0.05) is 18.2 Å². The van der Waals surface area contributed by atoms with Crippen LogP contribution in [0.5, 0.6) is 0 Å². The molecule has 2 heteroatoms. The molecule has 0 radical (unpaired) electrons. The van der Waals surface area contributed by atoms with Crippen LogP contribution < -0.4 is 5.32 Å². The Balaban J connectivity index is 1.95. The quantitative estimate of drug-likeness (QED) is 0.764. The van der Waals surface area contributed by atoms with Crippen LogP contribution in [-0.2, 0) is 0 Å². The molecule has 0 bridgehead atoms. The van der Waals surface area contributed by atoms with E-state index in [0.29, 0.717) is 6.61 Å². The minimum atomic E-state index is 0.183. The van der Waals surface area contributed by atoms with E-state index in [0.717, 1.165) is 19.4 Å². The summed E-state index contributed by atoms with van der Waals surface area (Å²) in [5.74, 6) is 0. The highest BCUT2D eigenvalue weighted by Gasteiger charge is 2.41. The van der Waals surface area contributed by atoms with Crippen LogP contribution in [0.1, 0.15) is 18.4 Å². The number of hydrogen-bond donors (Lipinski definition) is 2. The Morgan fingerprint density at radius 3 is 2.64 bits per heavy atom. The lowest BCUT2D eigenvalue weighted by Crippen LogP contribution is -2.19. The van der Waals surface area contributed by atoms with Crippen molar-refractivity contribution in [1.82, 2.24) is 0 Å². The van der Waals surface area contributed by atoms with Crippen molar-refractivity contribution >= 4 is 5.69 Å². The predicted octanol–water partition coefficient (Wildman–Crippen LogP) is 2.18. The van der Waals surface area contributed by atoms with Gasteiger partial charge in [-0.2, -0.15) is 0 Å². The van der Waals surface area contributed by atoms with Gasteiger partial charge >= 0.3 is 0 Å². The highest BCUT2D eigenvalue weighted by atomic mass is 16.3. The van der Waals surface area contributed by atoms with Gasteiger partial charge in [0.15, 0.2) is 0 Å². The molecule has 14 heavy (non-hydrogen) atoms. The molecule has 2 N–H and O–H groups in total. The second-order valence-electron chi connectivity index (χ2n) is 4.33. The van der Waals surface area contributed by atoms with Crippen molar-refractivity contribution in [2.45, 2.75) is 19.8 Å². The van der Waals surface area contributed by atoms with E-state index in [1.165, 1.54) is 11.3 Å². The minimum Gasteiger partial charge on any atom is -0.396 e. The summed E-state index contributed by atoms with van der Waals surface area (Å²) < 4.78 is 0. The molecule has 0 aromatic heterocycles. The van der Waals surface area contributed by atoms with Crippen LogP contribution in [0, 0.1) is 12.3 Å². The van der Waals surface area contributed by atoms with Crippen LogP contribution in [0.25, 0.3) is 0 Å². The summed E-state index contributed by atoms with van der Waals surface area (Å²) in [5, 5.41) is 12.6. The fourth-order valence-corrected chi connectivity index (χ4v) is 1.62. The van der Waals surface area contributed by atoms with Crippen molar-refractivity contribution in [3.8, 4) is 0 Å². The van der Waals surface area contributed by atoms with Gasteiger partial charge in [0.2, 0.25) is 0 Å². The predicted molar refractivity (Wildman–Crippen MR) is 58.4 cm³/mol. The summed E-state index contributed by atoms with van der Waals surface area (Å²) >= 11 is 0. The molecule has 0 spiro atoms. The highest BCUT2D eigenvalue weighted by Crippen LogP contribution is 2.44. The van der Waals surface area contributed by atoms with Gasteiger partial charge in [-0.25, -0.2) is 0 Å². The van der Waals surface area contributed by atoms with Crippen molar-refractivity contribution < 1.29 is 5.11 Å². The average Bonchev–Trinajstić information content (AvgIpc) is 2.98. The molecule has 1 saturated carbocycles. The Labute approximate surface area is 85.0 Å². The van der Waals surface area contributed by atoms with Gasteiger partial charge in [0.05, 0.1) is 6.61 Å². The van der Waals surface area contributed by atoms with E-state index in [9.17, 15) is 0 Å². The van der Waals surface area contributed by atoms with Gasteiger partial charge in [0.1, 0.15) is 0 Å². The Morgan fingerprint density at radius 2 is 2.07 bits per heavy atom. The van der Waals surface area contributed by atoms with Crippen molar-refractivity contribution in [2.24, 2.45) is 5.41 Å². The number of rotatable bonds is 4. The Bertz CT molecular complexity index is 318. The lowest BCUT2D eigenvalue weighted by atomic mass is 10.1. The molecule has 1 aromatic rings. The van der Waals surface area contributed by atoms with E-state index in [1.54, 1.807) is 0 Å². The lowest BCUT2D eigenvalue weighted by Gasteiger charge is -2.15. The number of nitrogens with one attached hydrogen (secondary N) is 1. The van der Waals surface area contributed by atoms with Crippen LogP contribution in [-0.4, -0.2) is 18.3 Å². The Morgan fingerprint density at radius 1 is 1.36 bits per heavy atom. The molecule has 0 unspecified atom stereocenters. The molecule has 0 heterocycles. The molecular formula is C12H17NO. The fraction of sp³-hybridized carbons (Fsp3) is 0.500. The van der Waals surface area contributed by atoms with E-state index in [4.69, 9.17) is 5.11 Å². The molecular weight excluding hydrogens is 174 g/mol. The SMILES string of the molecule is Cc1ccccc1NCC1(CO)CC1. The molecule has 0 amide bonds. The summed E-state index contributed by atoms with van der Waals surface area (Å²) in [6.45, 7) is 3.31. The van der Waals surface area contributed by atoms with Crippen molar-refractivity contribution in [2.75, 3.05) is 18.5 Å². The third kappa shape index (κ3) is 1.90. The topological polar surface area (TPSA) is 32.3 Å². The summed E-state index contributed by atoms with van der Waals surface area (Å²) in [4.78, 5) is 0. The Kier molecular flexibility index (Phi) is 2.46. The van der Waals surface area contributed by atoms with Gasteiger partial charge in [-0.15, -0.1) is 0 Å². The monoisotopic (exact) mass is 191 g/mol. The number of para-hydroxylation sites is 1. The standard InChI is InChI=1S/C12H17NO/c1-10-4-2-3-5-11(10)13-8-12(9-14)6-7-12/h2-5,13-14H,6-9H2,1H3. The third-order valence-electron chi connectivity index (χ3n) is 3.09. The van der Waals surface area contributed by atoms with Gasteiger partial charge < -0.3 is 10.4 Å². The first-order valence-corrected chi connectivity index (χ1v) is 5.16. The summed E-state index contributed by atoms with van der Waals surface area (Å²) in [7, 11) is 0. The first-order chi connectivity index (χ1) is 6.76. The van der Waals surface area contributed by atoms with E-state index < -0.39 is 0 Å². The maximum atomic E-state index is 9.16. The molecule has 2 rings (SSSR count). The van der Waals surface area contributed by atoms with E-state index in [1.807, 2.05) is 12.1 Å². The van der Waals surface area contributed by atoms with Crippen LogP contribution >= 0.6 is 0 Å². The number of aliphatic hydroxyl groups excluding tert-OH is 1. The third-order valence-corrected chi connectivity index (χ3v) is 3.09. The van der Waals surface area contributed by atoms with Crippen LogP contribution in [0.2, 0.25) is 0 Å². The number of hydrogen-bond acceptors (Lipinski definition) is 2. The first kappa shape index (κ1) is 9.53. The molecule has 1 fully saturated rings. The zero-order chi connectivity index (χ0) is 10.0. The zero-order valence-electron chi connectivity index (χ0n) is 8.59. The molecule has 1 aliphatic rings. The molecule has 1 aliphatic carbocycles. The van der Waals surface area contributed by atoms with Crippen LogP contribution in [0.15, 0.2) is 24.3 Å². The van der Waals surface area contributed by atoms with Crippen LogP contribution in [0.3, 0.4) is 0 Å².